The van der Waals surface area contributed by atoms with E-state index in [2.05, 4.69) is 81.5 Å². The molecule has 8 heteroatoms. The van der Waals surface area contributed by atoms with Crippen molar-refractivity contribution in [2.45, 2.75) is 56.8 Å². The summed E-state index contributed by atoms with van der Waals surface area (Å²) in [7, 11) is -0.751. The predicted octanol–water partition coefficient (Wildman–Crippen LogP) is 4.61. The van der Waals surface area contributed by atoms with Crippen LogP contribution in [0.4, 0.5) is 22.9 Å². The van der Waals surface area contributed by atoms with Crippen LogP contribution in [0.5, 0.6) is 11.5 Å². The van der Waals surface area contributed by atoms with E-state index < -0.39 is 7.92 Å². The maximum atomic E-state index is 6.61. The van der Waals surface area contributed by atoms with E-state index >= 15 is 0 Å². The Labute approximate surface area is 205 Å². The molecule has 2 aromatic carbocycles. The van der Waals surface area contributed by atoms with Crippen molar-refractivity contribution >= 4 is 47.7 Å². The maximum Gasteiger partial charge on any atom is 0.154 e. The second kappa shape index (κ2) is 6.46. The van der Waals surface area contributed by atoms with Gasteiger partial charge in [-0.25, -0.2) is 9.99 Å². The molecule has 7 nitrogen and oxygen atoms in total. The van der Waals surface area contributed by atoms with Crippen LogP contribution in [0.3, 0.4) is 0 Å². The second-order valence-corrected chi connectivity index (χ2v) is 12.4. The summed E-state index contributed by atoms with van der Waals surface area (Å²) in [5.41, 5.74) is 3.69. The van der Waals surface area contributed by atoms with Gasteiger partial charge in [-0.1, -0.05) is 25.0 Å². The lowest BCUT2D eigenvalue weighted by Crippen LogP contribution is -2.59. The number of anilines is 4. The molecule has 1 aliphatic carbocycles. The van der Waals surface area contributed by atoms with E-state index in [1.165, 1.54) is 53.4 Å². The fraction of sp³-hybridized carbons (Fsp3) is 0.333. The average Bonchev–Trinajstić information content (AvgIpc) is 3.54. The zero-order valence-corrected chi connectivity index (χ0v) is 20.3. The van der Waals surface area contributed by atoms with Crippen LogP contribution >= 0.6 is 7.92 Å². The van der Waals surface area contributed by atoms with Gasteiger partial charge < -0.3 is 19.4 Å². The molecule has 174 valence electrons. The van der Waals surface area contributed by atoms with Crippen LogP contribution < -0.4 is 30.2 Å². The number of rotatable bonds is 0. The third-order valence-corrected chi connectivity index (χ3v) is 11.5. The highest BCUT2D eigenvalue weighted by Crippen LogP contribution is 2.66. The number of nitrogens with zero attached hydrogens (tertiary/aromatic N) is 6. The van der Waals surface area contributed by atoms with Gasteiger partial charge in [0.1, 0.15) is 29.9 Å². The van der Waals surface area contributed by atoms with Crippen LogP contribution in [0.1, 0.15) is 32.6 Å². The van der Waals surface area contributed by atoms with Crippen molar-refractivity contribution in [1.82, 2.24) is 9.88 Å². The molecule has 5 aliphatic heterocycles. The van der Waals surface area contributed by atoms with E-state index in [0.29, 0.717) is 12.1 Å². The van der Waals surface area contributed by atoms with Crippen molar-refractivity contribution in [2.24, 2.45) is 5.10 Å². The molecule has 5 atom stereocenters. The molecule has 0 radical (unpaired) electrons. The molecule has 9 rings (SSSR count). The van der Waals surface area contributed by atoms with Crippen LogP contribution in [0.25, 0.3) is 0 Å². The van der Waals surface area contributed by atoms with E-state index in [9.17, 15) is 0 Å². The van der Waals surface area contributed by atoms with Gasteiger partial charge >= 0.3 is 0 Å². The van der Waals surface area contributed by atoms with Crippen LogP contribution in [-0.2, 0) is 0 Å². The van der Waals surface area contributed by atoms with Crippen molar-refractivity contribution < 1.29 is 4.74 Å². The van der Waals surface area contributed by atoms with Crippen molar-refractivity contribution in [3.8, 4) is 11.5 Å². The minimum absolute atomic E-state index is 0.166. The Hall–Kier alpha value is -3.31. The summed E-state index contributed by atoms with van der Waals surface area (Å²) in [4.78, 5) is 12.8. The first-order valence-corrected chi connectivity index (χ1v) is 14.1. The first kappa shape index (κ1) is 18.9. The number of hydrogen-bond acceptors (Lipinski definition) is 7. The molecule has 3 unspecified atom stereocenters. The molecule has 0 spiro atoms. The van der Waals surface area contributed by atoms with E-state index in [0.717, 1.165) is 17.3 Å². The van der Waals surface area contributed by atoms with Gasteiger partial charge in [0.25, 0.3) is 0 Å². The smallest absolute Gasteiger partial charge is 0.154 e. The number of hydrogen-bond donors (Lipinski definition) is 0. The van der Waals surface area contributed by atoms with Crippen LogP contribution in [0.2, 0.25) is 0 Å². The lowest BCUT2D eigenvalue weighted by Gasteiger charge is -2.48. The summed E-state index contributed by atoms with van der Waals surface area (Å²) in [6, 6.07) is 18.2. The molecular weight excluding hydrogens is 455 g/mol. The van der Waals surface area contributed by atoms with Gasteiger partial charge in [0.05, 0.1) is 39.8 Å². The van der Waals surface area contributed by atoms with E-state index in [1.807, 2.05) is 6.20 Å². The number of pyridine rings is 1. The van der Waals surface area contributed by atoms with Gasteiger partial charge in [-0.15, -0.1) is 0 Å². The highest BCUT2D eigenvalue weighted by atomic mass is 31.1. The predicted molar refractivity (Wildman–Crippen MR) is 140 cm³/mol. The maximum absolute atomic E-state index is 6.61. The van der Waals surface area contributed by atoms with Gasteiger partial charge in [-0.05, 0) is 56.2 Å². The van der Waals surface area contributed by atoms with E-state index in [1.54, 1.807) is 0 Å². The summed E-state index contributed by atoms with van der Waals surface area (Å²) in [6.07, 6.45) is 9.12. The summed E-state index contributed by atoms with van der Waals surface area (Å²) in [5.74, 6) is 3.33. The highest BCUT2D eigenvalue weighted by Gasteiger charge is 2.57. The Morgan fingerprint density at radius 1 is 0.886 bits per heavy atom. The molecule has 0 saturated heterocycles. The molecule has 1 aromatic heterocycles. The monoisotopic (exact) mass is 480 g/mol. The van der Waals surface area contributed by atoms with Crippen LogP contribution in [-0.4, -0.2) is 40.4 Å². The Balaban J connectivity index is 1.40. The lowest BCUT2D eigenvalue weighted by atomic mass is 9.88. The number of benzene rings is 2. The third kappa shape index (κ3) is 2.18. The summed E-state index contributed by atoms with van der Waals surface area (Å²) in [6.45, 7) is 2.30. The van der Waals surface area contributed by atoms with Gasteiger partial charge in [-0.3, -0.25) is 0 Å². The zero-order chi connectivity index (χ0) is 22.8. The van der Waals surface area contributed by atoms with Gasteiger partial charge in [0.2, 0.25) is 0 Å². The topological polar surface area (TPSA) is 47.4 Å². The molecule has 3 aromatic rings. The number of ether oxygens (including phenoxy) is 1. The molecule has 2 bridgehead atoms. The van der Waals surface area contributed by atoms with Crippen LogP contribution in [0.15, 0.2) is 59.8 Å². The molecule has 1 saturated carbocycles. The Bertz CT molecular complexity index is 1440. The fourth-order valence-corrected chi connectivity index (χ4v) is 10.6. The average molecular weight is 481 g/mol. The zero-order valence-electron chi connectivity index (χ0n) is 19.5. The minimum atomic E-state index is -0.751. The highest BCUT2D eigenvalue weighted by molar-refractivity contribution is 7.75. The largest absolute Gasteiger partial charge is 0.456 e. The Morgan fingerprint density at radius 3 is 2.49 bits per heavy atom. The Kier molecular flexibility index (Phi) is 3.50. The molecule has 0 amide bonds. The molecule has 35 heavy (non-hydrogen) atoms. The first-order valence-electron chi connectivity index (χ1n) is 12.7. The summed E-state index contributed by atoms with van der Waals surface area (Å²) >= 11 is 0. The third-order valence-electron chi connectivity index (χ3n) is 8.67. The molecule has 1 fully saturated rings. The van der Waals surface area contributed by atoms with Crippen molar-refractivity contribution in [3.63, 3.8) is 0 Å². The van der Waals surface area contributed by atoms with Crippen molar-refractivity contribution in [1.29, 1.82) is 0 Å². The van der Waals surface area contributed by atoms with Gasteiger partial charge in [0, 0.05) is 14.1 Å². The number of hydrazone groups is 1. The van der Waals surface area contributed by atoms with Crippen molar-refractivity contribution in [2.75, 3.05) is 14.8 Å². The molecule has 6 heterocycles. The standard InChI is InChI=1S/C27H25N6OP/c1-16-30-15-29-33(16)20-10-5-13-23-25(20)35-24-19(9-4-12-22(24)34-23)31-21-11-6-14-28-26(21)32(27(31)35)18-8-3-2-7-17(18)30/h4-6,9-18,27H,2-3,7-8H2,1H3/t16-,17?,18?,27-,35?/m1/s1. The summed E-state index contributed by atoms with van der Waals surface area (Å²) < 4.78 is 6.61. The number of fused-ring (bicyclic) bond motifs is 10. The van der Waals surface area contributed by atoms with Gasteiger partial charge in [0.15, 0.2) is 5.82 Å². The molecular formula is C27H25N6OP. The number of aromatic nitrogens is 1. The molecule has 6 aliphatic rings. The Morgan fingerprint density at radius 2 is 1.63 bits per heavy atom. The molecule has 0 N–H and O–H groups in total. The SMILES string of the molecule is C[C@H]1N2N=CN1C1CCCCC1N1c3ncccc3N3c4cccc5c4P(c4c(cccc42)O5)[C@H]31. The minimum Gasteiger partial charge on any atom is -0.456 e. The second-order valence-electron chi connectivity index (χ2n) is 10.3. The summed E-state index contributed by atoms with van der Waals surface area (Å²) in [5, 5.41) is 9.91. The normalized spacial score (nSPS) is 30.1. The fourth-order valence-electron chi connectivity index (χ4n) is 7.29. The van der Waals surface area contributed by atoms with E-state index in [4.69, 9.17) is 14.8 Å². The quantitative estimate of drug-likeness (QED) is 0.438. The van der Waals surface area contributed by atoms with E-state index in [-0.39, 0.29) is 12.1 Å². The first-order chi connectivity index (χ1) is 17.3. The van der Waals surface area contributed by atoms with Crippen molar-refractivity contribution in [3.05, 3.63) is 54.7 Å². The lowest BCUT2D eigenvalue weighted by molar-refractivity contribution is 0.185. The van der Waals surface area contributed by atoms with Gasteiger partial charge in [-0.2, -0.15) is 5.10 Å². The van der Waals surface area contributed by atoms with Crippen LogP contribution in [0, 0.1) is 0 Å².